The molecule has 1 amide bonds. The van der Waals surface area contributed by atoms with Crippen LogP contribution in [0.25, 0.3) is 0 Å². The molecule has 9 heteroatoms. The van der Waals surface area contributed by atoms with Crippen LogP contribution in [0.2, 0.25) is 0 Å². The number of anilines is 2. The quantitative estimate of drug-likeness (QED) is 0.312. The molecule has 1 aliphatic heterocycles. The highest BCUT2D eigenvalue weighted by molar-refractivity contribution is 14.0. The van der Waals surface area contributed by atoms with Crippen LogP contribution in [0.1, 0.15) is 6.92 Å². The lowest BCUT2D eigenvalue weighted by Crippen LogP contribution is -2.51. The number of rotatable bonds is 7. The Labute approximate surface area is 207 Å². The first-order chi connectivity index (χ1) is 15.1. The van der Waals surface area contributed by atoms with Crippen LogP contribution in [0.4, 0.5) is 11.4 Å². The number of amides is 1. The SMILES string of the molecule is CCOc1ccc(NC(=NC)NCC(=O)N2CCN(c3ccccc3)CC2)cc1OC.I. The molecule has 0 bridgehead atoms. The molecule has 0 radical (unpaired) electrons. The molecule has 0 aliphatic carbocycles. The molecule has 0 unspecified atom stereocenters. The number of hydrogen-bond acceptors (Lipinski definition) is 5. The average Bonchev–Trinajstić information content (AvgIpc) is 2.83. The number of methoxy groups -OCH3 is 1. The molecule has 2 N–H and O–H groups in total. The first kappa shape index (κ1) is 25.6. The van der Waals surface area contributed by atoms with Gasteiger partial charge in [0, 0.05) is 50.7 Å². The number of aliphatic imine (C=N–C) groups is 1. The van der Waals surface area contributed by atoms with Gasteiger partial charge in [-0.3, -0.25) is 9.79 Å². The third-order valence-corrected chi connectivity index (χ3v) is 5.11. The van der Waals surface area contributed by atoms with Crippen molar-refractivity contribution in [1.82, 2.24) is 10.2 Å². The Hall–Kier alpha value is -2.69. The number of para-hydroxylation sites is 1. The van der Waals surface area contributed by atoms with Gasteiger partial charge in [-0.15, -0.1) is 24.0 Å². The lowest BCUT2D eigenvalue weighted by molar-refractivity contribution is -0.130. The number of carbonyl (C=O) groups excluding carboxylic acids is 1. The largest absolute Gasteiger partial charge is 0.493 e. The Morgan fingerprint density at radius 3 is 2.41 bits per heavy atom. The third-order valence-electron chi connectivity index (χ3n) is 5.11. The summed E-state index contributed by atoms with van der Waals surface area (Å²) in [6, 6.07) is 15.8. The van der Waals surface area contributed by atoms with E-state index in [1.54, 1.807) is 14.2 Å². The van der Waals surface area contributed by atoms with Crippen LogP contribution in [0.15, 0.2) is 53.5 Å². The van der Waals surface area contributed by atoms with E-state index < -0.39 is 0 Å². The summed E-state index contributed by atoms with van der Waals surface area (Å²) in [5.74, 6) is 1.89. The lowest BCUT2D eigenvalue weighted by Gasteiger charge is -2.36. The first-order valence-electron chi connectivity index (χ1n) is 10.5. The zero-order chi connectivity index (χ0) is 22.1. The van der Waals surface area contributed by atoms with Gasteiger partial charge in [0.1, 0.15) is 0 Å². The van der Waals surface area contributed by atoms with E-state index in [9.17, 15) is 4.79 Å². The van der Waals surface area contributed by atoms with Crippen molar-refractivity contribution in [2.75, 3.05) is 63.7 Å². The third kappa shape index (κ3) is 6.91. The second-order valence-corrected chi connectivity index (χ2v) is 7.05. The number of benzene rings is 2. The van der Waals surface area contributed by atoms with Gasteiger partial charge in [-0.1, -0.05) is 18.2 Å². The molecular weight excluding hydrogens is 521 g/mol. The lowest BCUT2D eigenvalue weighted by atomic mass is 10.2. The maximum absolute atomic E-state index is 12.7. The summed E-state index contributed by atoms with van der Waals surface area (Å²) < 4.78 is 10.9. The zero-order valence-corrected chi connectivity index (χ0v) is 21.2. The molecule has 0 atom stereocenters. The summed E-state index contributed by atoms with van der Waals surface area (Å²) in [5.41, 5.74) is 1.99. The second kappa shape index (κ2) is 13.0. The fourth-order valence-electron chi connectivity index (χ4n) is 3.46. The highest BCUT2D eigenvalue weighted by atomic mass is 127. The molecule has 174 valence electrons. The Bertz CT molecular complexity index is 886. The van der Waals surface area contributed by atoms with Crippen LogP contribution in [-0.2, 0) is 4.79 Å². The number of nitrogens with zero attached hydrogens (tertiary/aromatic N) is 3. The van der Waals surface area contributed by atoms with E-state index in [1.165, 1.54) is 5.69 Å². The fraction of sp³-hybridized carbons (Fsp3) is 0.391. The van der Waals surface area contributed by atoms with Crippen molar-refractivity contribution in [3.05, 3.63) is 48.5 Å². The maximum atomic E-state index is 12.7. The van der Waals surface area contributed by atoms with Gasteiger partial charge in [-0.2, -0.15) is 0 Å². The molecule has 8 nitrogen and oxygen atoms in total. The average molecular weight is 553 g/mol. The Balaban J connectivity index is 0.00000363. The van der Waals surface area contributed by atoms with Gasteiger partial charge in [-0.25, -0.2) is 0 Å². The van der Waals surface area contributed by atoms with E-state index >= 15 is 0 Å². The summed E-state index contributed by atoms with van der Waals surface area (Å²) in [7, 11) is 3.27. The fourth-order valence-corrected chi connectivity index (χ4v) is 3.46. The number of nitrogens with one attached hydrogen (secondary N) is 2. The van der Waals surface area contributed by atoms with E-state index in [0.717, 1.165) is 18.8 Å². The van der Waals surface area contributed by atoms with Gasteiger partial charge >= 0.3 is 0 Å². The summed E-state index contributed by atoms with van der Waals surface area (Å²) in [6.45, 7) is 5.74. The summed E-state index contributed by atoms with van der Waals surface area (Å²) in [5, 5.41) is 6.28. The molecular formula is C23H32IN5O3. The van der Waals surface area contributed by atoms with Gasteiger partial charge in [0.05, 0.1) is 20.3 Å². The number of ether oxygens (including phenoxy) is 2. The second-order valence-electron chi connectivity index (χ2n) is 7.05. The number of carbonyl (C=O) groups is 1. The molecule has 3 rings (SSSR count). The Morgan fingerprint density at radius 1 is 1.06 bits per heavy atom. The molecule has 0 spiro atoms. The van der Waals surface area contributed by atoms with E-state index in [2.05, 4.69) is 32.7 Å². The van der Waals surface area contributed by atoms with E-state index in [4.69, 9.17) is 9.47 Å². The molecule has 32 heavy (non-hydrogen) atoms. The van der Waals surface area contributed by atoms with Crippen molar-refractivity contribution in [1.29, 1.82) is 0 Å². The van der Waals surface area contributed by atoms with Gasteiger partial charge in [0.25, 0.3) is 0 Å². The minimum absolute atomic E-state index is 0. The smallest absolute Gasteiger partial charge is 0.242 e. The van der Waals surface area contributed by atoms with Gasteiger partial charge in [0.15, 0.2) is 17.5 Å². The van der Waals surface area contributed by atoms with Gasteiger partial charge < -0.3 is 29.9 Å². The predicted octanol–water partition coefficient (Wildman–Crippen LogP) is 3.05. The van der Waals surface area contributed by atoms with E-state index in [0.29, 0.717) is 37.2 Å². The first-order valence-corrected chi connectivity index (χ1v) is 10.5. The van der Waals surface area contributed by atoms with E-state index in [-0.39, 0.29) is 36.4 Å². The molecule has 0 aromatic heterocycles. The summed E-state index contributed by atoms with van der Waals surface area (Å²) >= 11 is 0. The van der Waals surface area contributed by atoms with Gasteiger partial charge in [0.2, 0.25) is 5.91 Å². The molecule has 2 aromatic carbocycles. The Morgan fingerprint density at radius 2 is 1.78 bits per heavy atom. The standard InChI is InChI=1S/C23H31N5O3.HI/c1-4-31-20-11-10-18(16-21(20)30-3)26-23(24-2)25-17-22(29)28-14-12-27(13-15-28)19-8-6-5-7-9-19;/h5-11,16H,4,12-15,17H2,1-3H3,(H2,24,25,26);1H. The summed E-state index contributed by atoms with van der Waals surface area (Å²) in [4.78, 5) is 21.1. The van der Waals surface area contributed by atoms with Crippen LogP contribution in [0.3, 0.4) is 0 Å². The molecule has 1 aliphatic rings. The van der Waals surface area contributed by atoms with Gasteiger partial charge in [-0.05, 0) is 31.2 Å². The van der Waals surface area contributed by atoms with Crippen LogP contribution >= 0.6 is 24.0 Å². The number of hydrogen-bond donors (Lipinski definition) is 2. The van der Waals surface area contributed by atoms with Crippen molar-refractivity contribution in [2.24, 2.45) is 4.99 Å². The number of piperazine rings is 1. The van der Waals surface area contributed by atoms with Crippen molar-refractivity contribution in [2.45, 2.75) is 6.92 Å². The van der Waals surface area contributed by atoms with Crippen molar-refractivity contribution in [3.8, 4) is 11.5 Å². The van der Waals surface area contributed by atoms with Crippen molar-refractivity contribution < 1.29 is 14.3 Å². The highest BCUT2D eigenvalue weighted by Gasteiger charge is 2.21. The number of guanidine groups is 1. The van der Waals surface area contributed by atoms with Crippen LogP contribution in [0, 0.1) is 0 Å². The van der Waals surface area contributed by atoms with Crippen LogP contribution in [-0.4, -0.2) is 70.3 Å². The minimum Gasteiger partial charge on any atom is -0.493 e. The summed E-state index contributed by atoms with van der Waals surface area (Å²) in [6.07, 6.45) is 0. The maximum Gasteiger partial charge on any atom is 0.242 e. The molecule has 0 saturated carbocycles. The highest BCUT2D eigenvalue weighted by Crippen LogP contribution is 2.30. The van der Waals surface area contributed by atoms with Crippen molar-refractivity contribution >= 4 is 47.2 Å². The van der Waals surface area contributed by atoms with Crippen LogP contribution < -0.4 is 25.0 Å². The normalized spacial score (nSPS) is 13.8. The number of halogens is 1. The van der Waals surface area contributed by atoms with Crippen molar-refractivity contribution in [3.63, 3.8) is 0 Å². The zero-order valence-electron chi connectivity index (χ0n) is 18.8. The van der Waals surface area contributed by atoms with Crippen LogP contribution in [0.5, 0.6) is 11.5 Å². The monoisotopic (exact) mass is 553 g/mol. The molecule has 1 saturated heterocycles. The van der Waals surface area contributed by atoms with E-state index in [1.807, 2.05) is 48.2 Å². The molecule has 1 heterocycles. The molecule has 1 fully saturated rings. The predicted molar refractivity (Wildman–Crippen MR) is 140 cm³/mol. The molecule has 2 aromatic rings. The topological polar surface area (TPSA) is 78.4 Å². The Kier molecular flexibility index (Phi) is 10.4. The minimum atomic E-state index is 0.